The van der Waals surface area contributed by atoms with Gasteiger partial charge in [0, 0.05) is 64.1 Å². The lowest BCUT2D eigenvalue weighted by Crippen LogP contribution is -2.00. The SMILES string of the molecule is c1ccc(-c2nc(-c3ccccc3)nc(-c3cccc4oc5ccc(-c6ccc7c(c6)c6ccccc6n7-c6ccc(-c7cccc8c7sc7ccccc78)cc6)cc5c34)n2)cc1. The van der Waals surface area contributed by atoms with Crippen LogP contribution in [0.3, 0.4) is 0 Å². The van der Waals surface area contributed by atoms with E-state index in [1.807, 2.05) is 84.1 Å². The van der Waals surface area contributed by atoms with Gasteiger partial charge in [-0.05, 0) is 76.9 Å². The molecule has 0 N–H and O–H groups in total. The fourth-order valence-electron chi connectivity index (χ4n) is 9.32. The molecule has 13 aromatic rings. The van der Waals surface area contributed by atoms with E-state index in [0.717, 1.165) is 61.0 Å². The van der Waals surface area contributed by atoms with Crippen molar-refractivity contribution in [2.24, 2.45) is 0 Å². The third-order valence-electron chi connectivity index (χ3n) is 12.3. The van der Waals surface area contributed by atoms with Crippen molar-refractivity contribution in [2.75, 3.05) is 0 Å². The summed E-state index contributed by atoms with van der Waals surface area (Å²) in [5.41, 5.74) is 12.5. The van der Waals surface area contributed by atoms with E-state index in [9.17, 15) is 0 Å². The molecule has 0 amide bonds. The molecule has 0 aliphatic heterocycles. The van der Waals surface area contributed by atoms with Crippen LogP contribution in [0.25, 0.3) is 126 Å². The van der Waals surface area contributed by atoms with E-state index < -0.39 is 0 Å². The second-order valence-electron chi connectivity index (χ2n) is 15.9. The van der Waals surface area contributed by atoms with E-state index >= 15 is 0 Å². The predicted octanol–water partition coefficient (Wildman–Crippen LogP) is 15.6. The number of para-hydroxylation sites is 1. The van der Waals surface area contributed by atoms with E-state index in [1.54, 1.807) is 0 Å². The maximum absolute atomic E-state index is 6.51. The number of nitrogens with zero attached hydrogens (tertiary/aromatic N) is 4. The summed E-state index contributed by atoms with van der Waals surface area (Å²) >= 11 is 1.87. The lowest BCUT2D eigenvalue weighted by Gasteiger charge is -2.10. The average molecular weight is 823 g/mol. The highest BCUT2D eigenvalue weighted by Crippen LogP contribution is 2.42. The minimum absolute atomic E-state index is 0.598. The van der Waals surface area contributed by atoms with Gasteiger partial charge in [-0.1, -0.05) is 152 Å². The molecule has 0 spiro atoms. The molecule has 294 valence electrons. The summed E-state index contributed by atoms with van der Waals surface area (Å²) in [6.45, 7) is 0. The highest BCUT2D eigenvalue weighted by Gasteiger charge is 2.20. The lowest BCUT2D eigenvalue weighted by atomic mass is 9.99. The predicted molar refractivity (Wildman–Crippen MR) is 262 cm³/mol. The molecular formula is C57H34N4OS. The van der Waals surface area contributed by atoms with Crippen LogP contribution >= 0.6 is 11.3 Å². The molecule has 0 radical (unpaired) electrons. The number of rotatable bonds is 6. The summed E-state index contributed by atoms with van der Waals surface area (Å²) in [6.07, 6.45) is 0. The molecule has 0 unspecified atom stereocenters. The Kier molecular flexibility index (Phi) is 8.01. The molecule has 5 nitrogen and oxygen atoms in total. The molecule has 0 bridgehead atoms. The van der Waals surface area contributed by atoms with Crippen LogP contribution in [0.15, 0.2) is 211 Å². The number of hydrogen-bond acceptors (Lipinski definition) is 5. The average Bonchev–Trinajstić information content (AvgIpc) is 4.04. The van der Waals surface area contributed by atoms with Gasteiger partial charge in [-0.2, -0.15) is 0 Å². The Bertz CT molecular complexity index is 3850. The van der Waals surface area contributed by atoms with Gasteiger partial charge in [-0.15, -0.1) is 11.3 Å². The van der Waals surface area contributed by atoms with Crippen LogP contribution in [0.4, 0.5) is 0 Å². The molecule has 0 aliphatic carbocycles. The summed E-state index contributed by atoms with van der Waals surface area (Å²) in [5.74, 6) is 1.84. The van der Waals surface area contributed by atoms with Crippen LogP contribution in [0.1, 0.15) is 0 Å². The topological polar surface area (TPSA) is 56.7 Å². The second-order valence-corrected chi connectivity index (χ2v) is 17.0. The summed E-state index contributed by atoms with van der Waals surface area (Å²) in [6, 6.07) is 72.7. The number of fused-ring (bicyclic) bond motifs is 9. The summed E-state index contributed by atoms with van der Waals surface area (Å²) in [7, 11) is 0. The number of aromatic nitrogens is 4. The minimum Gasteiger partial charge on any atom is -0.456 e. The van der Waals surface area contributed by atoms with Gasteiger partial charge in [-0.3, -0.25) is 0 Å². The smallest absolute Gasteiger partial charge is 0.164 e. The van der Waals surface area contributed by atoms with E-state index in [4.69, 9.17) is 19.4 Å². The Balaban J connectivity index is 0.921. The quantitative estimate of drug-likeness (QED) is 0.168. The lowest BCUT2D eigenvalue weighted by molar-refractivity contribution is 0.669. The zero-order chi connectivity index (χ0) is 41.4. The van der Waals surface area contributed by atoms with Gasteiger partial charge >= 0.3 is 0 Å². The van der Waals surface area contributed by atoms with Crippen molar-refractivity contribution in [1.82, 2.24) is 19.5 Å². The Labute approximate surface area is 365 Å². The Hall–Kier alpha value is -8.19. The first-order chi connectivity index (χ1) is 31.2. The van der Waals surface area contributed by atoms with Gasteiger partial charge in [-0.25, -0.2) is 15.0 Å². The van der Waals surface area contributed by atoms with E-state index in [-0.39, 0.29) is 0 Å². The van der Waals surface area contributed by atoms with Crippen molar-refractivity contribution in [3.63, 3.8) is 0 Å². The van der Waals surface area contributed by atoms with Gasteiger partial charge in [0.25, 0.3) is 0 Å². The van der Waals surface area contributed by atoms with Crippen molar-refractivity contribution in [3.8, 4) is 62.1 Å². The van der Waals surface area contributed by atoms with Crippen LogP contribution in [0, 0.1) is 0 Å². The van der Waals surface area contributed by atoms with Crippen LogP contribution in [-0.4, -0.2) is 19.5 Å². The zero-order valence-electron chi connectivity index (χ0n) is 33.7. The zero-order valence-corrected chi connectivity index (χ0v) is 34.6. The van der Waals surface area contributed by atoms with Crippen LogP contribution in [0.5, 0.6) is 0 Å². The molecule has 0 saturated carbocycles. The summed E-state index contributed by atoms with van der Waals surface area (Å²) < 4.78 is 11.5. The number of furan rings is 1. The van der Waals surface area contributed by atoms with Crippen molar-refractivity contribution >= 4 is 75.3 Å². The van der Waals surface area contributed by atoms with Crippen LogP contribution in [-0.2, 0) is 0 Å². The van der Waals surface area contributed by atoms with Crippen molar-refractivity contribution in [3.05, 3.63) is 206 Å². The van der Waals surface area contributed by atoms with E-state index in [2.05, 4.69) is 138 Å². The molecule has 0 atom stereocenters. The molecule has 0 fully saturated rings. The molecular weight excluding hydrogens is 789 g/mol. The first-order valence-corrected chi connectivity index (χ1v) is 21.9. The summed E-state index contributed by atoms with van der Waals surface area (Å²) in [5, 5.41) is 7.03. The number of hydrogen-bond donors (Lipinski definition) is 0. The van der Waals surface area contributed by atoms with Crippen molar-refractivity contribution in [1.29, 1.82) is 0 Å². The molecule has 9 aromatic carbocycles. The molecule has 4 heterocycles. The van der Waals surface area contributed by atoms with E-state index in [1.165, 1.54) is 47.6 Å². The first-order valence-electron chi connectivity index (χ1n) is 21.1. The Morgan fingerprint density at radius 3 is 1.73 bits per heavy atom. The van der Waals surface area contributed by atoms with Gasteiger partial charge in [0.1, 0.15) is 11.2 Å². The number of thiophene rings is 1. The van der Waals surface area contributed by atoms with E-state index in [0.29, 0.717) is 17.5 Å². The van der Waals surface area contributed by atoms with Gasteiger partial charge < -0.3 is 8.98 Å². The van der Waals surface area contributed by atoms with Crippen molar-refractivity contribution in [2.45, 2.75) is 0 Å². The molecule has 6 heteroatoms. The third kappa shape index (κ3) is 5.80. The first kappa shape index (κ1) is 35.6. The van der Waals surface area contributed by atoms with Gasteiger partial charge in [0.15, 0.2) is 17.5 Å². The molecule has 0 aliphatic rings. The number of benzene rings is 9. The van der Waals surface area contributed by atoms with Crippen LogP contribution < -0.4 is 0 Å². The molecule has 4 aromatic heterocycles. The van der Waals surface area contributed by atoms with Gasteiger partial charge in [0.2, 0.25) is 0 Å². The third-order valence-corrected chi connectivity index (χ3v) is 13.5. The second kappa shape index (κ2) is 14.2. The fraction of sp³-hybridized carbons (Fsp3) is 0. The van der Waals surface area contributed by atoms with Crippen LogP contribution in [0.2, 0.25) is 0 Å². The fourth-order valence-corrected chi connectivity index (χ4v) is 10.6. The van der Waals surface area contributed by atoms with Gasteiger partial charge in [0.05, 0.1) is 11.0 Å². The standard InChI is InChI=1S/C57H34N4OS/c1-3-13-36(14-4-1)55-58-56(37-15-5-2-6-16-37)60-57(59-55)45-21-12-23-51-53(45)47-34-39(28-32-50(47)62-51)38-27-31-49-46(33-38)42-17-7-9-22-48(42)61(49)40-29-25-35(26-30-40)41-19-11-20-44-43-18-8-10-24-52(43)63-54(41)44/h1-34H. The molecule has 13 rings (SSSR count). The monoisotopic (exact) mass is 822 g/mol. The normalized spacial score (nSPS) is 11.8. The molecule has 63 heavy (non-hydrogen) atoms. The highest BCUT2D eigenvalue weighted by molar-refractivity contribution is 7.26. The largest absolute Gasteiger partial charge is 0.456 e. The summed E-state index contributed by atoms with van der Waals surface area (Å²) in [4.78, 5) is 15.1. The Morgan fingerprint density at radius 2 is 0.952 bits per heavy atom. The highest BCUT2D eigenvalue weighted by atomic mass is 32.1. The molecule has 0 saturated heterocycles. The maximum atomic E-state index is 6.51. The van der Waals surface area contributed by atoms with Crippen molar-refractivity contribution < 1.29 is 4.42 Å². The minimum atomic E-state index is 0.598. The Morgan fingerprint density at radius 1 is 0.365 bits per heavy atom. The maximum Gasteiger partial charge on any atom is 0.164 e.